The van der Waals surface area contributed by atoms with Crippen molar-refractivity contribution < 1.29 is 0 Å². The number of hydrogen-bond donors (Lipinski definition) is 0. The van der Waals surface area contributed by atoms with Gasteiger partial charge in [-0.05, 0) is 73.6 Å². The summed E-state index contributed by atoms with van der Waals surface area (Å²) >= 11 is 0. The molecule has 0 heteroatoms. The van der Waals surface area contributed by atoms with Crippen LogP contribution in [-0.4, -0.2) is 0 Å². The summed E-state index contributed by atoms with van der Waals surface area (Å²) in [5, 5.41) is 0. The van der Waals surface area contributed by atoms with Gasteiger partial charge < -0.3 is 0 Å². The molecule has 1 saturated carbocycles. The first kappa shape index (κ1) is 24.2. The lowest BCUT2D eigenvalue weighted by Crippen LogP contribution is -2.15. The lowest BCUT2D eigenvalue weighted by atomic mass is 9.77. The molecule has 0 aliphatic heterocycles. The van der Waals surface area contributed by atoms with E-state index in [2.05, 4.69) is 54.9 Å². The second-order valence-corrected chi connectivity index (χ2v) is 9.53. The maximum atomic E-state index is 3.29. The minimum atomic E-state index is 0.936. The van der Waals surface area contributed by atoms with Crippen molar-refractivity contribution in [2.45, 2.75) is 90.9 Å². The van der Waals surface area contributed by atoms with Crippen molar-refractivity contribution in [3.63, 3.8) is 0 Å². The molecule has 0 radical (unpaired) electrons. The van der Waals surface area contributed by atoms with Crippen LogP contribution in [0.4, 0.5) is 0 Å². The quantitative estimate of drug-likeness (QED) is 0.279. The fourth-order valence-corrected chi connectivity index (χ4v) is 4.90. The molecule has 1 fully saturated rings. The summed E-state index contributed by atoms with van der Waals surface area (Å²) in [5.41, 5.74) is 4.62. The van der Waals surface area contributed by atoms with Crippen LogP contribution in [0, 0.1) is 35.5 Å². The Balaban J connectivity index is 1.37. The first-order chi connectivity index (χ1) is 15.8. The normalized spacial score (nSPS) is 17.7. The van der Waals surface area contributed by atoms with Crippen molar-refractivity contribution >= 4 is 0 Å². The molecule has 1 aliphatic rings. The molecule has 3 rings (SSSR count). The number of hydrogen-bond acceptors (Lipinski definition) is 0. The largest absolute Gasteiger partial charge is 0.101 e. The zero-order chi connectivity index (χ0) is 22.4. The highest BCUT2D eigenvalue weighted by atomic mass is 14.3. The molecule has 32 heavy (non-hydrogen) atoms. The Labute approximate surface area is 197 Å². The molecular formula is C32H40. The van der Waals surface area contributed by atoms with E-state index in [0.717, 1.165) is 28.5 Å². The van der Waals surface area contributed by atoms with E-state index in [1.165, 1.54) is 82.6 Å². The number of rotatable bonds is 9. The van der Waals surface area contributed by atoms with E-state index in [1.54, 1.807) is 0 Å². The minimum absolute atomic E-state index is 0.936. The molecule has 2 aromatic carbocycles. The Morgan fingerprint density at radius 2 is 1.12 bits per heavy atom. The Bertz CT molecular complexity index is 900. The van der Waals surface area contributed by atoms with Gasteiger partial charge >= 0.3 is 0 Å². The molecular weight excluding hydrogens is 384 g/mol. The molecule has 0 saturated heterocycles. The van der Waals surface area contributed by atoms with Gasteiger partial charge in [-0.1, -0.05) is 101 Å². The van der Waals surface area contributed by atoms with Gasteiger partial charge in [-0.2, -0.15) is 0 Å². The smallest absolute Gasteiger partial charge is 0.0249 e. The van der Waals surface area contributed by atoms with Crippen molar-refractivity contribution in [2.24, 2.45) is 11.8 Å². The number of aryl methyl sites for hydroxylation is 1. The topological polar surface area (TPSA) is 0 Å². The highest BCUT2D eigenvalue weighted by Crippen LogP contribution is 2.34. The lowest BCUT2D eigenvalue weighted by Gasteiger charge is -2.28. The van der Waals surface area contributed by atoms with Crippen molar-refractivity contribution in [3.05, 3.63) is 70.8 Å². The summed E-state index contributed by atoms with van der Waals surface area (Å²) < 4.78 is 0. The van der Waals surface area contributed by atoms with E-state index >= 15 is 0 Å². The Kier molecular flexibility index (Phi) is 10.5. The first-order valence-corrected chi connectivity index (χ1v) is 12.9. The summed E-state index contributed by atoms with van der Waals surface area (Å²) in [5.74, 6) is 14.5. The predicted molar refractivity (Wildman–Crippen MR) is 139 cm³/mol. The van der Waals surface area contributed by atoms with Gasteiger partial charge in [-0.25, -0.2) is 0 Å². The zero-order valence-corrected chi connectivity index (χ0v) is 20.3. The summed E-state index contributed by atoms with van der Waals surface area (Å²) in [6.45, 7) is 4.16. The minimum Gasteiger partial charge on any atom is -0.101 e. The van der Waals surface area contributed by atoms with Crippen LogP contribution in [0.2, 0.25) is 0 Å². The van der Waals surface area contributed by atoms with E-state index < -0.39 is 0 Å². The van der Waals surface area contributed by atoms with Crippen molar-refractivity contribution in [1.82, 2.24) is 0 Å². The second kappa shape index (κ2) is 13.9. The third-order valence-corrected chi connectivity index (χ3v) is 6.98. The highest BCUT2D eigenvalue weighted by Gasteiger charge is 2.20. The maximum Gasteiger partial charge on any atom is 0.0249 e. The summed E-state index contributed by atoms with van der Waals surface area (Å²) in [6.07, 6.45) is 17.0. The Morgan fingerprint density at radius 1 is 0.625 bits per heavy atom. The van der Waals surface area contributed by atoms with E-state index in [-0.39, 0.29) is 0 Å². The standard InChI is InChI=1S/C32H40/c1-3-5-6-7-8-10-28-13-17-30(18-14-28)20-22-32-25-23-31(24-26-32)21-19-29-15-11-27(9-4-2)12-16-29/h11-12,15-16,23-26,28,30H,3,5-8,10,13-14,17-18,20,22H2,1-2H3. The van der Waals surface area contributed by atoms with Gasteiger partial charge in [0.05, 0.1) is 0 Å². The summed E-state index contributed by atoms with van der Waals surface area (Å²) in [7, 11) is 0. The summed E-state index contributed by atoms with van der Waals surface area (Å²) in [4.78, 5) is 0. The lowest BCUT2D eigenvalue weighted by molar-refractivity contribution is 0.248. The van der Waals surface area contributed by atoms with Crippen LogP contribution < -0.4 is 0 Å². The molecule has 0 spiro atoms. The molecule has 0 nitrogen and oxygen atoms in total. The van der Waals surface area contributed by atoms with E-state index in [4.69, 9.17) is 0 Å². The zero-order valence-electron chi connectivity index (χ0n) is 20.3. The molecule has 0 N–H and O–H groups in total. The molecule has 168 valence electrons. The van der Waals surface area contributed by atoms with Crippen molar-refractivity contribution in [1.29, 1.82) is 0 Å². The van der Waals surface area contributed by atoms with Crippen molar-refractivity contribution in [2.75, 3.05) is 0 Å². The molecule has 1 aliphatic carbocycles. The van der Waals surface area contributed by atoms with E-state index in [1.807, 2.05) is 31.2 Å². The monoisotopic (exact) mass is 424 g/mol. The van der Waals surface area contributed by atoms with Gasteiger partial charge in [-0.3, -0.25) is 0 Å². The molecule has 0 atom stereocenters. The van der Waals surface area contributed by atoms with Crippen molar-refractivity contribution in [3.8, 4) is 23.7 Å². The van der Waals surface area contributed by atoms with Crippen LogP contribution in [0.5, 0.6) is 0 Å². The van der Waals surface area contributed by atoms with E-state index in [9.17, 15) is 0 Å². The van der Waals surface area contributed by atoms with Crippen LogP contribution >= 0.6 is 0 Å². The predicted octanol–water partition coefficient (Wildman–Crippen LogP) is 8.56. The highest BCUT2D eigenvalue weighted by molar-refractivity contribution is 5.46. The van der Waals surface area contributed by atoms with Crippen LogP contribution in [-0.2, 0) is 6.42 Å². The summed E-state index contributed by atoms with van der Waals surface area (Å²) in [6, 6.07) is 17.0. The molecule has 0 amide bonds. The van der Waals surface area contributed by atoms with Crippen LogP contribution in [0.25, 0.3) is 0 Å². The third kappa shape index (κ3) is 8.60. The van der Waals surface area contributed by atoms with Crippen LogP contribution in [0.15, 0.2) is 48.5 Å². The fraction of sp³-hybridized carbons (Fsp3) is 0.500. The van der Waals surface area contributed by atoms with Gasteiger partial charge in [0.15, 0.2) is 0 Å². The first-order valence-electron chi connectivity index (χ1n) is 12.9. The van der Waals surface area contributed by atoms with Gasteiger partial charge in [0.2, 0.25) is 0 Å². The Morgan fingerprint density at radius 3 is 1.69 bits per heavy atom. The fourth-order valence-electron chi connectivity index (χ4n) is 4.90. The average Bonchev–Trinajstić information content (AvgIpc) is 2.84. The van der Waals surface area contributed by atoms with Crippen LogP contribution in [0.3, 0.4) is 0 Å². The number of unbranched alkanes of at least 4 members (excludes halogenated alkanes) is 4. The average molecular weight is 425 g/mol. The molecule has 0 unspecified atom stereocenters. The second-order valence-electron chi connectivity index (χ2n) is 9.53. The molecule has 0 aromatic heterocycles. The van der Waals surface area contributed by atoms with Gasteiger partial charge in [0, 0.05) is 16.7 Å². The molecule has 0 bridgehead atoms. The van der Waals surface area contributed by atoms with Gasteiger partial charge in [0.25, 0.3) is 0 Å². The van der Waals surface area contributed by atoms with Gasteiger partial charge in [0.1, 0.15) is 0 Å². The van der Waals surface area contributed by atoms with Crippen LogP contribution in [0.1, 0.15) is 107 Å². The van der Waals surface area contributed by atoms with Gasteiger partial charge in [-0.15, -0.1) is 5.92 Å². The molecule has 0 heterocycles. The SMILES string of the molecule is CC#Cc1ccc(C#Cc2ccc(CCC3CCC(CCCCCCC)CC3)cc2)cc1. The number of benzene rings is 2. The maximum absolute atomic E-state index is 3.29. The third-order valence-electron chi connectivity index (χ3n) is 6.98. The Hall–Kier alpha value is -2.44. The molecule has 2 aromatic rings. The van der Waals surface area contributed by atoms with E-state index in [0.29, 0.717) is 0 Å².